The summed E-state index contributed by atoms with van der Waals surface area (Å²) in [6.45, 7) is 8.72. The number of likely N-dealkylation sites (N-methyl/N-ethyl adjacent to an activating group) is 1. The summed E-state index contributed by atoms with van der Waals surface area (Å²) in [6.07, 6.45) is 1.14. The zero-order valence-electron chi connectivity index (χ0n) is 10.9. The number of thiophene rings is 1. The van der Waals surface area contributed by atoms with Gasteiger partial charge in [-0.2, -0.15) is 0 Å². The highest BCUT2D eigenvalue weighted by Gasteiger charge is 2.24. The van der Waals surface area contributed by atoms with E-state index in [1.165, 1.54) is 4.88 Å². The van der Waals surface area contributed by atoms with E-state index < -0.39 is 0 Å². The van der Waals surface area contributed by atoms with Crippen LogP contribution in [0.3, 0.4) is 0 Å². The minimum Gasteiger partial charge on any atom is -0.327 e. The Labute approximate surface area is 103 Å². The van der Waals surface area contributed by atoms with Crippen molar-refractivity contribution in [2.75, 3.05) is 20.1 Å². The van der Waals surface area contributed by atoms with E-state index in [-0.39, 0.29) is 11.5 Å². The molecular weight excluding hydrogens is 216 g/mol. The van der Waals surface area contributed by atoms with Crippen LogP contribution in [0.5, 0.6) is 0 Å². The lowest BCUT2D eigenvalue weighted by Gasteiger charge is -2.33. The highest BCUT2D eigenvalue weighted by Crippen LogP contribution is 2.20. The van der Waals surface area contributed by atoms with Crippen LogP contribution in [-0.4, -0.2) is 31.1 Å². The second-order valence-corrected chi connectivity index (χ2v) is 6.38. The van der Waals surface area contributed by atoms with Crippen molar-refractivity contribution in [3.05, 3.63) is 22.4 Å². The van der Waals surface area contributed by atoms with Crippen molar-refractivity contribution in [3.8, 4) is 0 Å². The summed E-state index contributed by atoms with van der Waals surface area (Å²) in [6, 6.07) is 4.55. The predicted octanol–water partition coefficient (Wildman–Crippen LogP) is 2.60. The Kier molecular flexibility index (Phi) is 4.96. The number of rotatable bonds is 6. The SMILES string of the molecule is CC(N)C(C)(C)CN(C)CCc1cccs1. The Balaban J connectivity index is 2.33. The number of hydrogen-bond donors (Lipinski definition) is 1. The molecule has 2 N–H and O–H groups in total. The van der Waals surface area contributed by atoms with Crippen LogP contribution < -0.4 is 5.73 Å². The Morgan fingerprint density at radius 2 is 2.19 bits per heavy atom. The van der Waals surface area contributed by atoms with Gasteiger partial charge in [-0.15, -0.1) is 11.3 Å². The van der Waals surface area contributed by atoms with E-state index in [1.54, 1.807) is 0 Å². The molecule has 1 atom stereocenters. The van der Waals surface area contributed by atoms with E-state index in [2.05, 4.69) is 50.2 Å². The van der Waals surface area contributed by atoms with Crippen LogP contribution in [0, 0.1) is 5.41 Å². The molecule has 1 unspecified atom stereocenters. The van der Waals surface area contributed by atoms with Crippen molar-refractivity contribution in [2.45, 2.75) is 33.2 Å². The van der Waals surface area contributed by atoms with Gasteiger partial charge in [0.2, 0.25) is 0 Å². The number of nitrogens with two attached hydrogens (primary N) is 1. The summed E-state index contributed by atoms with van der Waals surface area (Å²) in [5.74, 6) is 0. The maximum Gasteiger partial charge on any atom is 0.00739 e. The van der Waals surface area contributed by atoms with Gasteiger partial charge in [0.15, 0.2) is 0 Å². The molecule has 0 aromatic carbocycles. The number of nitrogens with zero attached hydrogens (tertiary/aromatic N) is 1. The van der Waals surface area contributed by atoms with Crippen LogP contribution >= 0.6 is 11.3 Å². The minimum atomic E-state index is 0.185. The zero-order chi connectivity index (χ0) is 12.2. The van der Waals surface area contributed by atoms with Crippen LogP contribution in [0.15, 0.2) is 17.5 Å². The van der Waals surface area contributed by atoms with Gasteiger partial charge >= 0.3 is 0 Å². The lowest BCUT2D eigenvalue weighted by atomic mass is 9.85. The molecule has 0 saturated heterocycles. The minimum absolute atomic E-state index is 0.185. The van der Waals surface area contributed by atoms with Crippen LogP contribution in [0.4, 0.5) is 0 Å². The summed E-state index contributed by atoms with van der Waals surface area (Å²) >= 11 is 1.84. The summed E-state index contributed by atoms with van der Waals surface area (Å²) in [5.41, 5.74) is 6.17. The fourth-order valence-corrected chi connectivity index (χ4v) is 2.37. The molecule has 0 aliphatic heterocycles. The molecule has 0 radical (unpaired) electrons. The molecule has 3 heteroatoms. The van der Waals surface area contributed by atoms with Gasteiger partial charge in [-0.1, -0.05) is 19.9 Å². The summed E-state index contributed by atoms with van der Waals surface area (Å²) < 4.78 is 0. The van der Waals surface area contributed by atoms with Crippen molar-refractivity contribution in [1.82, 2.24) is 4.90 Å². The van der Waals surface area contributed by atoms with Crippen LogP contribution in [0.25, 0.3) is 0 Å². The molecule has 16 heavy (non-hydrogen) atoms. The maximum absolute atomic E-state index is 5.98. The van der Waals surface area contributed by atoms with Gasteiger partial charge in [-0.05, 0) is 37.3 Å². The van der Waals surface area contributed by atoms with Gasteiger partial charge in [0.05, 0.1) is 0 Å². The van der Waals surface area contributed by atoms with Gasteiger partial charge in [0, 0.05) is 24.0 Å². The van der Waals surface area contributed by atoms with E-state index >= 15 is 0 Å². The van der Waals surface area contributed by atoms with E-state index in [4.69, 9.17) is 5.73 Å². The van der Waals surface area contributed by atoms with Crippen LogP contribution in [-0.2, 0) is 6.42 Å². The molecule has 0 aliphatic carbocycles. The standard InChI is InChI=1S/C13H24N2S/c1-11(14)13(2,3)10-15(4)8-7-12-6-5-9-16-12/h5-6,9,11H,7-8,10,14H2,1-4H3. The van der Waals surface area contributed by atoms with E-state index in [0.29, 0.717) is 0 Å². The topological polar surface area (TPSA) is 29.3 Å². The molecule has 0 bridgehead atoms. The molecular formula is C13H24N2S. The predicted molar refractivity (Wildman–Crippen MR) is 73.0 cm³/mol. The van der Waals surface area contributed by atoms with Gasteiger partial charge in [-0.25, -0.2) is 0 Å². The monoisotopic (exact) mass is 240 g/mol. The first kappa shape index (κ1) is 13.7. The summed E-state index contributed by atoms with van der Waals surface area (Å²) in [5, 5.41) is 2.14. The van der Waals surface area contributed by atoms with Crippen molar-refractivity contribution in [1.29, 1.82) is 0 Å². The molecule has 0 amide bonds. The Bertz CT molecular complexity index is 291. The van der Waals surface area contributed by atoms with Gasteiger partial charge in [-0.3, -0.25) is 0 Å². The first-order valence-electron chi connectivity index (χ1n) is 5.88. The van der Waals surface area contributed by atoms with Crippen LogP contribution in [0.2, 0.25) is 0 Å². The largest absolute Gasteiger partial charge is 0.327 e. The molecule has 0 saturated carbocycles. The smallest absolute Gasteiger partial charge is 0.00739 e. The van der Waals surface area contributed by atoms with Crippen molar-refractivity contribution in [2.24, 2.45) is 11.1 Å². The molecule has 2 nitrogen and oxygen atoms in total. The molecule has 1 heterocycles. The van der Waals surface area contributed by atoms with E-state index in [9.17, 15) is 0 Å². The van der Waals surface area contributed by atoms with Crippen molar-refractivity contribution >= 4 is 11.3 Å². The van der Waals surface area contributed by atoms with Crippen molar-refractivity contribution in [3.63, 3.8) is 0 Å². The third-order valence-electron chi connectivity index (χ3n) is 3.23. The second kappa shape index (κ2) is 5.80. The Hall–Kier alpha value is -0.380. The Morgan fingerprint density at radius 1 is 1.50 bits per heavy atom. The fourth-order valence-electron chi connectivity index (χ4n) is 1.67. The summed E-state index contributed by atoms with van der Waals surface area (Å²) in [7, 11) is 2.18. The fraction of sp³-hybridized carbons (Fsp3) is 0.692. The lowest BCUT2D eigenvalue weighted by Crippen LogP contribution is -2.43. The molecule has 92 valence electrons. The van der Waals surface area contributed by atoms with Gasteiger partial charge in [0.25, 0.3) is 0 Å². The average molecular weight is 240 g/mol. The molecule has 1 aromatic heterocycles. The van der Waals surface area contributed by atoms with Crippen molar-refractivity contribution < 1.29 is 0 Å². The molecule has 0 spiro atoms. The average Bonchev–Trinajstić information content (AvgIpc) is 2.66. The normalized spacial score (nSPS) is 14.4. The van der Waals surface area contributed by atoms with Gasteiger partial charge < -0.3 is 10.6 Å². The zero-order valence-corrected chi connectivity index (χ0v) is 11.7. The van der Waals surface area contributed by atoms with E-state index in [1.807, 2.05) is 11.3 Å². The van der Waals surface area contributed by atoms with E-state index in [0.717, 1.165) is 19.5 Å². The third kappa shape index (κ3) is 4.24. The molecule has 0 aliphatic rings. The summed E-state index contributed by atoms with van der Waals surface area (Å²) in [4.78, 5) is 3.84. The van der Waals surface area contributed by atoms with Gasteiger partial charge in [0.1, 0.15) is 0 Å². The highest BCUT2D eigenvalue weighted by atomic mass is 32.1. The highest BCUT2D eigenvalue weighted by molar-refractivity contribution is 7.09. The molecule has 0 fully saturated rings. The quantitative estimate of drug-likeness (QED) is 0.828. The lowest BCUT2D eigenvalue weighted by molar-refractivity contribution is 0.185. The first-order valence-corrected chi connectivity index (χ1v) is 6.76. The first-order chi connectivity index (χ1) is 7.42. The number of hydrogen-bond acceptors (Lipinski definition) is 3. The maximum atomic E-state index is 5.98. The molecule has 1 aromatic rings. The Morgan fingerprint density at radius 3 is 2.69 bits per heavy atom. The third-order valence-corrected chi connectivity index (χ3v) is 4.17. The van der Waals surface area contributed by atoms with Crippen LogP contribution in [0.1, 0.15) is 25.6 Å². The molecule has 1 rings (SSSR count). The second-order valence-electron chi connectivity index (χ2n) is 5.34.